The van der Waals surface area contributed by atoms with Crippen molar-refractivity contribution < 1.29 is 4.74 Å². The van der Waals surface area contributed by atoms with Crippen molar-refractivity contribution in [3.05, 3.63) is 23.8 Å². The van der Waals surface area contributed by atoms with E-state index in [4.69, 9.17) is 10.5 Å². The lowest BCUT2D eigenvalue weighted by molar-refractivity contribution is 0.137. The molecule has 1 aromatic rings. The van der Waals surface area contributed by atoms with Gasteiger partial charge in [-0.25, -0.2) is 0 Å². The van der Waals surface area contributed by atoms with Crippen molar-refractivity contribution in [3.8, 4) is 0 Å². The summed E-state index contributed by atoms with van der Waals surface area (Å²) >= 11 is 0. The van der Waals surface area contributed by atoms with Gasteiger partial charge in [0.05, 0.1) is 18.0 Å². The Morgan fingerprint density at radius 3 is 2.67 bits per heavy atom. The first kappa shape index (κ1) is 14.8. The first-order valence-electron chi connectivity index (χ1n) is 6.88. The monoisotopic (exact) mass is 250 g/mol. The summed E-state index contributed by atoms with van der Waals surface area (Å²) in [6, 6.07) is 6.18. The third-order valence-electron chi connectivity index (χ3n) is 3.17. The van der Waals surface area contributed by atoms with E-state index >= 15 is 0 Å². The van der Waals surface area contributed by atoms with Crippen molar-refractivity contribution in [2.24, 2.45) is 0 Å². The molecule has 0 amide bonds. The summed E-state index contributed by atoms with van der Waals surface area (Å²) in [5.41, 5.74) is 9.27. The summed E-state index contributed by atoms with van der Waals surface area (Å²) in [5.74, 6) is 0. The number of para-hydroxylation sites is 1. The molecule has 0 radical (unpaired) electrons. The van der Waals surface area contributed by atoms with Gasteiger partial charge in [0.1, 0.15) is 0 Å². The average molecular weight is 250 g/mol. The minimum absolute atomic E-state index is 0.765. The Morgan fingerprint density at radius 2 is 2.00 bits per heavy atom. The quantitative estimate of drug-likeness (QED) is 0.568. The van der Waals surface area contributed by atoms with E-state index < -0.39 is 0 Å². The van der Waals surface area contributed by atoms with E-state index in [1.807, 2.05) is 13.0 Å². The summed E-state index contributed by atoms with van der Waals surface area (Å²) in [5, 5.41) is 0. The van der Waals surface area contributed by atoms with Crippen LogP contribution in [-0.2, 0) is 4.74 Å². The van der Waals surface area contributed by atoms with Crippen molar-refractivity contribution in [3.63, 3.8) is 0 Å². The first-order valence-corrected chi connectivity index (χ1v) is 6.88. The molecule has 3 heteroatoms. The van der Waals surface area contributed by atoms with Gasteiger partial charge >= 0.3 is 0 Å². The van der Waals surface area contributed by atoms with Crippen molar-refractivity contribution in [1.82, 2.24) is 0 Å². The van der Waals surface area contributed by atoms with E-state index in [-0.39, 0.29) is 0 Å². The summed E-state index contributed by atoms with van der Waals surface area (Å²) in [7, 11) is 0. The molecule has 3 nitrogen and oxygen atoms in total. The van der Waals surface area contributed by atoms with Crippen LogP contribution in [0.1, 0.15) is 32.3 Å². The molecular weight excluding hydrogens is 224 g/mol. The molecule has 0 unspecified atom stereocenters. The molecular formula is C15H26N2O. The molecule has 0 atom stereocenters. The Balaban J connectivity index is 2.52. The number of hydrogen-bond donors (Lipinski definition) is 1. The van der Waals surface area contributed by atoms with E-state index in [0.717, 1.165) is 49.7 Å². The largest absolute Gasteiger partial charge is 0.397 e. The number of nitrogens with two attached hydrogens (primary N) is 1. The fourth-order valence-corrected chi connectivity index (χ4v) is 1.91. The summed E-state index contributed by atoms with van der Waals surface area (Å²) in [6.07, 6.45) is 2.32. The highest BCUT2D eigenvalue weighted by atomic mass is 16.5. The molecule has 102 valence electrons. The number of nitrogens with zero attached hydrogens (tertiary/aromatic N) is 1. The first-order chi connectivity index (χ1) is 8.70. The molecule has 0 aliphatic heterocycles. The second-order valence-corrected chi connectivity index (χ2v) is 4.55. The third kappa shape index (κ3) is 4.22. The molecule has 18 heavy (non-hydrogen) atoms. The van der Waals surface area contributed by atoms with Crippen molar-refractivity contribution in [2.45, 2.75) is 33.6 Å². The maximum atomic E-state index is 6.13. The van der Waals surface area contributed by atoms with Crippen LogP contribution in [0.15, 0.2) is 18.2 Å². The van der Waals surface area contributed by atoms with Crippen LogP contribution in [0.4, 0.5) is 11.4 Å². The van der Waals surface area contributed by atoms with E-state index in [1.165, 1.54) is 6.42 Å². The van der Waals surface area contributed by atoms with E-state index in [9.17, 15) is 0 Å². The molecule has 0 fully saturated rings. The fraction of sp³-hybridized carbons (Fsp3) is 0.600. The van der Waals surface area contributed by atoms with E-state index in [0.29, 0.717) is 0 Å². The SMILES string of the molecule is CCCCOCCN(CC)c1cccc(C)c1N. The van der Waals surface area contributed by atoms with Gasteiger partial charge in [0.15, 0.2) is 0 Å². The minimum Gasteiger partial charge on any atom is -0.397 e. The van der Waals surface area contributed by atoms with Gasteiger partial charge in [-0.2, -0.15) is 0 Å². The normalized spacial score (nSPS) is 10.6. The Bertz CT molecular complexity index is 352. The van der Waals surface area contributed by atoms with Crippen LogP contribution >= 0.6 is 0 Å². The van der Waals surface area contributed by atoms with Gasteiger partial charge in [-0.05, 0) is 31.9 Å². The van der Waals surface area contributed by atoms with Crippen LogP contribution in [-0.4, -0.2) is 26.3 Å². The lowest BCUT2D eigenvalue weighted by Gasteiger charge is -2.25. The Hall–Kier alpha value is -1.22. The fourth-order valence-electron chi connectivity index (χ4n) is 1.91. The predicted molar refractivity (Wildman–Crippen MR) is 79.2 cm³/mol. The molecule has 1 aromatic carbocycles. The molecule has 0 heterocycles. The smallest absolute Gasteiger partial charge is 0.0641 e. The molecule has 0 bridgehead atoms. The molecule has 0 aliphatic rings. The molecule has 0 spiro atoms. The maximum Gasteiger partial charge on any atom is 0.0641 e. The van der Waals surface area contributed by atoms with Gasteiger partial charge in [0.2, 0.25) is 0 Å². The highest BCUT2D eigenvalue weighted by Crippen LogP contribution is 2.25. The number of nitrogen functional groups attached to an aromatic ring is 1. The van der Waals surface area contributed by atoms with Crippen LogP contribution in [0.3, 0.4) is 0 Å². The zero-order valence-corrected chi connectivity index (χ0v) is 11.9. The minimum atomic E-state index is 0.765. The number of aryl methyl sites for hydroxylation is 1. The Kier molecular flexibility index (Phi) is 6.58. The summed E-state index contributed by atoms with van der Waals surface area (Å²) in [4.78, 5) is 2.27. The van der Waals surface area contributed by atoms with Crippen molar-refractivity contribution >= 4 is 11.4 Å². The summed E-state index contributed by atoms with van der Waals surface area (Å²) < 4.78 is 5.62. The van der Waals surface area contributed by atoms with Gasteiger partial charge < -0.3 is 15.4 Å². The zero-order valence-electron chi connectivity index (χ0n) is 11.9. The topological polar surface area (TPSA) is 38.5 Å². The molecule has 1 rings (SSSR count). The number of likely N-dealkylation sites (N-methyl/N-ethyl adjacent to an activating group) is 1. The van der Waals surface area contributed by atoms with Gasteiger partial charge in [-0.3, -0.25) is 0 Å². The number of hydrogen-bond acceptors (Lipinski definition) is 3. The lowest BCUT2D eigenvalue weighted by Crippen LogP contribution is -2.28. The van der Waals surface area contributed by atoms with E-state index in [1.54, 1.807) is 0 Å². The zero-order chi connectivity index (χ0) is 13.4. The number of unbranched alkanes of at least 4 members (excludes halogenated alkanes) is 1. The van der Waals surface area contributed by atoms with Crippen LogP contribution in [0.2, 0.25) is 0 Å². The average Bonchev–Trinajstić information content (AvgIpc) is 2.38. The highest BCUT2D eigenvalue weighted by molar-refractivity contribution is 5.70. The Morgan fingerprint density at radius 1 is 1.22 bits per heavy atom. The number of rotatable bonds is 8. The van der Waals surface area contributed by atoms with Crippen molar-refractivity contribution in [2.75, 3.05) is 36.9 Å². The molecule has 0 aliphatic carbocycles. The van der Waals surface area contributed by atoms with E-state index in [2.05, 4.69) is 30.9 Å². The molecule has 0 saturated carbocycles. The standard InChI is InChI=1S/C15H26N2O/c1-4-6-11-18-12-10-17(5-2)14-9-7-8-13(3)15(14)16/h7-9H,4-6,10-12,16H2,1-3H3. The molecule has 2 N–H and O–H groups in total. The Labute approximate surface area is 111 Å². The van der Waals surface area contributed by atoms with Crippen LogP contribution in [0, 0.1) is 6.92 Å². The predicted octanol–water partition coefficient (Wildman–Crippen LogP) is 3.22. The van der Waals surface area contributed by atoms with Crippen LogP contribution < -0.4 is 10.6 Å². The number of anilines is 2. The third-order valence-corrected chi connectivity index (χ3v) is 3.17. The number of ether oxygens (including phenoxy) is 1. The van der Waals surface area contributed by atoms with Gasteiger partial charge in [0.25, 0.3) is 0 Å². The maximum absolute atomic E-state index is 6.13. The van der Waals surface area contributed by atoms with Crippen molar-refractivity contribution in [1.29, 1.82) is 0 Å². The van der Waals surface area contributed by atoms with Gasteiger partial charge in [-0.15, -0.1) is 0 Å². The number of benzene rings is 1. The molecule has 0 aromatic heterocycles. The second kappa shape index (κ2) is 7.98. The van der Waals surface area contributed by atoms with Crippen LogP contribution in [0.5, 0.6) is 0 Å². The summed E-state index contributed by atoms with van der Waals surface area (Å²) in [6.45, 7) is 9.84. The highest BCUT2D eigenvalue weighted by Gasteiger charge is 2.08. The molecule has 0 saturated heterocycles. The lowest BCUT2D eigenvalue weighted by atomic mass is 10.1. The van der Waals surface area contributed by atoms with Crippen LogP contribution in [0.25, 0.3) is 0 Å². The second-order valence-electron chi connectivity index (χ2n) is 4.55. The van der Waals surface area contributed by atoms with Gasteiger partial charge in [-0.1, -0.05) is 25.5 Å². The van der Waals surface area contributed by atoms with Gasteiger partial charge in [0, 0.05) is 19.7 Å².